The number of carbonyl (C=O) groups is 1. The molecule has 0 amide bonds. The number of ketones is 1. The van der Waals surface area contributed by atoms with Gasteiger partial charge in [-0.2, -0.15) is 0 Å². The molecule has 154 valence electrons. The second kappa shape index (κ2) is 10.2. The van der Waals surface area contributed by atoms with Crippen LogP contribution in [0.5, 0.6) is 23.0 Å². The van der Waals surface area contributed by atoms with Gasteiger partial charge in [-0.15, -0.1) is 0 Å². The molecule has 1 N–H and O–H groups in total. The molecule has 3 aromatic rings. The van der Waals surface area contributed by atoms with Gasteiger partial charge in [-0.1, -0.05) is 30.3 Å². The first-order valence-electron chi connectivity index (χ1n) is 9.63. The van der Waals surface area contributed by atoms with Crippen LogP contribution in [0.2, 0.25) is 0 Å². The highest BCUT2D eigenvalue weighted by atomic mass is 16.5. The highest BCUT2D eigenvalue weighted by Gasteiger charge is 2.11. The standard InChI is InChI=1S/C25H24O5/c1-3-29-24-16-21(30-17-18-7-5-4-6-8-18)12-9-19(24)10-14-23(27)22-13-11-20(26)15-25(22)28-2/h4-16,26H,3,17H2,1-2H3. The first-order valence-corrected chi connectivity index (χ1v) is 9.63. The van der Waals surface area contributed by atoms with Crippen LogP contribution < -0.4 is 14.2 Å². The van der Waals surface area contributed by atoms with E-state index in [0.717, 1.165) is 11.1 Å². The van der Waals surface area contributed by atoms with E-state index in [0.29, 0.717) is 36.0 Å². The number of benzene rings is 3. The minimum Gasteiger partial charge on any atom is -0.508 e. The van der Waals surface area contributed by atoms with Gasteiger partial charge in [0.2, 0.25) is 0 Å². The number of allylic oxidation sites excluding steroid dienone is 1. The normalized spacial score (nSPS) is 10.7. The number of rotatable bonds is 9. The zero-order valence-corrected chi connectivity index (χ0v) is 17.0. The van der Waals surface area contributed by atoms with Crippen molar-refractivity contribution >= 4 is 11.9 Å². The summed E-state index contributed by atoms with van der Waals surface area (Å²) in [5.74, 6) is 1.44. The predicted molar refractivity (Wildman–Crippen MR) is 116 cm³/mol. The number of methoxy groups -OCH3 is 1. The zero-order chi connectivity index (χ0) is 21.3. The number of aromatic hydroxyl groups is 1. The number of phenolic OH excluding ortho intramolecular Hbond substituents is 1. The third-order valence-electron chi connectivity index (χ3n) is 4.40. The molecular weight excluding hydrogens is 380 g/mol. The van der Waals surface area contributed by atoms with E-state index in [-0.39, 0.29) is 11.5 Å². The number of carbonyl (C=O) groups excluding carboxylic acids is 1. The largest absolute Gasteiger partial charge is 0.508 e. The van der Waals surface area contributed by atoms with Crippen LogP contribution in [0.15, 0.2) is 72.8 Å². The smallest absolute Gasteiger partial charge is 0.189 e. The average Bonchev–Trinajstić information content (AvgIpc) is 2.77. The van der Waals surface area contributed by atoms with E-state index in [9.17, 15) is 9.90 Å². The first kappa shape index (κ1) is 21.0. The molecule has 5 nitrogen and oxygen atoms in total. The fraction of sp³-hybridized carbons (Fsp3) is 0.160. The number of phenols is 1. The van der Waals surface area contributed by atoms with Crippen molar-refractivity contribution < 1.29 is 24.1 Å². The van der Waals surface area contributed by atoms with Gasteiger partial charge in [0, 0.05) is 17.7 Å². The van der Waals surface area contributed by atoms with E-state index in [4.69, 9.17) is 14.2 Å². The summed E-state index contributed by atoms with van der Waals surface area (Å²) in [5, 5.41) is 9.56. The van der Waals surface area contributed by atoms with E-state index in [1.807, 2.05) is 55.5 Å². The molecule has 3 rings (SSSR count). The SMILES string of the molecule is CCOc1cc(OCc2ccccc2)ccc1C=CC(=O)c1ccc(O)cc1OC. The van der Waals surface area contributed by atoms with Gasteiger partial charge in [0.05, 0.1) is 19.3 Å². The Morgan fingerprint density at radius 1 is 0.967 bits per heavy atom. The summed E-state index contributed by atoms with van der Waals surface area (Å²) in [7, 11) is 1.45. The molecule has 0 atom stereocenters. The van der Waals surface area contributed by atoms with Gasteiger partial charge in [-0.3, -0.25) is 4.79 Å². The third-order valence-corrected chi connectivity index (χ3v) is 4.40. The second-order valence-electron chi connectivity index (χ2n) is 6.49. The molecule has 0 saturated heterocycles. The van der Waals surface area contributed by atoms with E-state index < -0.39 is 0 Å². The lowest BCUT2D eigenvalue weighted by Crippen LogP contribution is -2.00. The van der Waals surface area contributed by atoms with Gasteiger partial charge in [0.25, 0.3) is 0 Å². The van der Waals surface area contributed by atoms with Crippen LogP contribution in [0, 0.1) is 0 Å². The highest BCUT2D eigenvalue weighted by Crippen LogP contribution is 2.28. The summed E-state index contributed by atoms with van der Waals surface area (Å²) < 4.78 is 16.8. The Morgan fingerprint density at radius 3 is 2.50 bits per heavy atom. The van der Waals surface area contributed by atoms with Gasteiger partial charge >= 0.3 is 0 Å². The molecule has 3 aromatic carbocycles. The van der Waals surface area contributed by atoms with Crippen LogP contribution in [-0.4, -0.2) is 24.6 Å². The van der Waals surface area contributed by atoms with Crippen LogP contribution in [0.1, 0.15) is 28.4 Å². The number of hydrogen-bond acceptors (Lipinski definition) is 5. The third kappa shape index (κ3) is 5.41. The summed E-state index contributed by atoms with van der Waals surface area (Å²) in [6.07, 6.45) is 3.15. The monoisotopic (exact) mass is 404 g/mol. The quantitative estimate of drug-likeness (QED) is 0.389. The van der Waals surface area contributed by atoms with E-state index in [2.05, 4.69) is 0 Å². The maximum absolute atomic E-state index is 12.6. The van der Waals surface area contributed by atoms with E-state index >= 15 is 0 Å². The molecule has 0 aliphatic carbocycles. The Kier molecular flexibility index (Phi) is 7.11. The minimum atomic E-state index is -0.237. The minimum absolute atomic E-state index is 0.0390. The van der Waals surface area contributed by atoms with Crippen molar-refractivity contribution in [3.8, 4) is 23.0 Å². The van der Waals surface area contributed by atoms with Crippen molar-refractivity contribution in [2.24, 2.45) is 0 Å². The molecule has 0 heterocycles. The van der Waals surface area contributed by atoms with Gasteiger partial charge in [0.1, 0.15) is 29.6 Å². The van der Waals surface area contributed by atoms with Crippen LogP contribution in [0.25, 0.3) is 6.08 Å². The van der Waals surface area contributed by atoms with Gasteiger partial charge in [-0.25, -0.2) is 0 Å². The summed E-state index contributed by atoms with van der Waals surface area (Å²) in [4.78, 5) is 12.6. The highest BCUT2D eigenvalue weighted by molar-refractivity contribution is 6.08. The van der Waals surface area contributed by atoms with Crippen LogP contribution in [-0.2, 0) is 6.61 Å². The second-order valence-corrected chi connectivity index (χ2v) is 6.49. The van der Waals surface area contributed by atoms with Crippen molar-refractivity contribution in [2.45, 2.75) is 13.5 Å². The van der Waals surface area contributed by atoms with Gasteiger partial charge < -0.3 is 19.3 Å². The van der Waals surface area contributed by atoms with Crippen LogP contribution >= 0.6 is 0 Å². The molecule has 0 spiro atoms. The fourth-order valence-corrected chi connectivity index (χ4v) is 2.90. The topological polar surface area (TPSA) is 65.0 Å². The molecule has 0 radical (unpaired) electrons. The molecule has 0 aliphatic heterocycles. The molecular formula is C25H24O5. The Labute approximate surface area is 176 Å². The van der Waals surface area contributed by atoms with E-state index in [1.165, 1.54) is 31.4 Å². The molecule has 0 unspecified atom stereocenters. The van der Waals surface area contributed by atoms with Crippen molar-refractivity contribution in [3.05, 3.63) is 89.5 Å². The lowest BCUT2D eigenvalue weighted by Gasteiger charge is -2.11. The van der Waals surface area contributed by atoms with Crippen LogP contribution in [0.4, 0.5) is 0 Å². The molecule has 0 fully saturated rings. The van der Waals surface area contributed by atoms with Gasteiger partial charge in [0.15, 0.2) is 5.78 Å². The summed E-state index contributed by atoms with van der Waals surface area (Å²) in [5.41, 5.74) is 2.20. The summed E-state index contributed by atoms with van der Waals surface area (Å²) in [6, 6.07) is 19.8. The molecule has 30 heavy (non-hydrogen) atoms. The first-order chi connectivity index (χ1) is 14.6. The van der Waals surface area contributed by atoms with E-state index in [1.54, 1.807) is 6.08 Å². The summed E-state index contributed by atoms with van der Waals surface area (Å²) in [6.45, 7) is 2.85. The Bertz CT molecular complexity index is 1020. The molecule has 0 aromatic heterocycles. The predicted octanol–water partition coefficient (Wildman–Crippen LogP) is 5.27. The maximum Gasteiger partial charge on any atom is 0.189 e. The summed E-state index contributed by atoms with van der Waals surface area (Å²) >= 11 is 0. The molecule has 0 bridgehead atoms. The van der Waals surface area contributed by atoms with Crippen molar-refractivity contribution in [3.63, 3.8) is 0 Å². The molecule has 0 saturated carbocycles. The van der Waals surface area contributed by atoms with Gasteiger partial charge in [-0.05, 0) is 48.9 Å². The molecule has 0 aliphatic rings. The van der Waals surface area contributed by atoms with Crippen molar-refractivity contribution in [2.75, 3.05) is 13.7 Å². The number of hydrogen-bond donors (Lipinski definition) is 1. The maximum atomic E-state index is 12.6. The molecule has 5 heteroatoms. The van der Waals surface area contributed by atoms with Crippen molar-refractivity contribution in [1.82, 2.24) is 0 Å². The number of ether oxygens (including phenoxy) is 3. The fourth-order valence-electron chi connectivity index (χ4n) is 2.90. The zero-order valence-electron chi connectivity index (χ0n) is 17.0. The van der Waals surface area contributed by atoms with Crippen molar-refractivity contribution in [1.29, 1.82) is 0 Å². The lowest BCUT2D eigenvalue weighted by atomic mass is 10.1. The Morgan fingerprint density at radius 2 is 1.77 bits per heavy atom. The Hall–Kier alpha value is -3.73. The average molecular weight is 404 g/mol. The Balaban J connectivity index is 1.77. The lowest BCUT2D eigenvalue weighted by molar-refractivity contribution is 0.104. The van der Waals surface area contributed by atoms with Crippen LogP contribution in [0.3, 0.4) is 0 Å².